The van der Waals surface area contributed by atoms with Gasteiger partial charge in [0.25, 0.3) is 0 Å². The average Bonchev–Trinajstić information content (AvgIpc) is 3.03. The van der Waals surface area contributed by atoms with Gasteiger partial charge >= 0.3 is 23.9 Å². The van der Waals surface area contributed by atoms with Crippen molar-refractivity contribution in [3.05, 3.63) is 84.2 Å². The van der Waals surface area contributed by atoms with Crippen molar-refractivity contribution in [1.29, 1.82) is 0 Å². The van der Waals surface area contributed by atoms with E-state index in [0.29, 0.717) is 42.7 Å². The van der Waals surface area contributed by atoms with Crippen molar-refractivity contribution < 1.29 is 48.7 Å². The van der Waals surface area contributed by atoms with Crippen LogP contribution in [0.2, 0.25) is 0 Å². The number of ether oxygens (including phenoxy) is 1. The van der Waals surface area contributed by atoms with Crippen LogP contribution in [-0.2, 0) is 24.9 Å². The number of rotatable bonds is 11. The minimum Gasteiger partial charge on any atom is -0.493 e. The van der Waals surface area contributed by atoms with Gasteiger partial charge in [0.15, 0.2) is 5.17 Å². The molecule has 4 N–H and O–H groups in total. The second-order valence-corrected chi connectivity index (χ2v) is 11.0. The molecule has 2 heterocycles. The number of unbranched alkanes of at least 4 members (excludes halogenated alkanes) is 1. The van der Waals surface area contributed by atoms with Crippen LogP contribution in [-0.4, -0.2) is 98.6 Å². The number of hydrogen-bond acceptors (Lipinski definition) is 9. The van der Waals surface area contributed by atoms with Gasteiger partial charge in [-0.05, 0) is 56.0 Å². The molecule has 1 fully saturated rings. The summed E-state index contributed by atoms with van der Waals surface area (Å²) in [7, 11) is 2.20. The lowest BCUT2D eigenvalue weighted by atomic mass is 10.0. The van der Waals surface area contributed by atoms with Crippen molar-refractivity contribution in [2.75, 3.05) is 33.3 Å². The maximum Gasteiger partial charge on any atom is 0.328 e. The number of hydrogen-bond donors (Lipinski definition) is 4. The fourth-order valence-corrected chi connectivity index (χ4v) is 5.40. The second-order valence-electron chi connectivity index (χ2n) is 10.0. The monoisotopic (exact) mass is 659 g/mol. The molecular formula is C32H38FN3O9S. The van der Waals surface area contributed by atoms with Crippen LogP contribution in [0.25, 0.3) is 0 Å². The molecule has 4 rings (SSSR count). The molecule has 2 aliphatic heterocycles. The zero-order valence-electron chi connectivity index (χ0n) is 25.3. The van der Waals surface area contributed by atoms with E-state index in [2.05, 4.69) is 41.1 Å². The third-order valence-corrected chi connectivity index (χ3v) is 7.73. The van der Waals surface area contributed by atoms with Gasteiger partial charge in [-0.1, -0.05) is 36.0 Å². The number of fused-ring (bicyclic) bond motifs is 1. The van der Waals surface area contributed by atoms with E-state index < -0.39 is 23.9 Å². The number of likely N-dealkylation sites (tertiary alicyclic amines) is 1. The summed E-state index contributed by atoms with van der Waals surface area (Å²) in [6, 6.07) is 15.4. The maximum atomic E-state index is 13.2. The Morgan fingerprint density at radius 1 is 0.913 bits per heavy atom. The van der Waals surface area contributed by atoms with Gasteiger partial charge in [0, 0.05) is 62.3 Å². The topological polar surface area (TPSA) is 177 Å². The highest BCUT2D eigenvalue weighted by Crippen LogP contribution is 2.33. The molecule has 14 heteroatoms. The normalized spacial score (nSPS) is 14.6. The molecule has 0 atom stereocenters. The van der Waals surface area contributed by atoms with Crippen LogP contribution in [0, 0.1) is 5.82 Å². The minimum atomic E-state index is -1.26. The van der Waals surface area contributed by atoms with Gasteiger partial charge in [0.05, 0.1) is 12.3 Å². The molecule has 0 unspecified atom stereocenters. The highest BCUT2D eigenvalue weighted by atomic mass is 32.2. The van der Waals surface area contributed by atoms with E-state index in [1.54, 1.807) is 12.1 Å². The minimum absolute atomic E-state index is 0.248. The number of amidine groups is 1. The second kappa shape index (κ2) is 20.4. The van der Waals surface area contributed by atoms with Crippen LogP contribution in [0.15, 0.2) is 77.8 Å². The van der Waals surface area contributed by atoms with E-state index in [9.17, 15) is 23.6 Å². The quantitative estimate of drug-likeness (QED) is 0.193. The van der Waals surface area contributed by atoms with Crippen LogP contribution >= 0.6 is 11.8 Å². The first kappa shape index (κ1) is 37.5. The standard InChI is InChI=1S/C24H30FN3OS.2C4H4O4/c1-27(24-26-23-10-3-2-7-19(23)18-30-24)21-11-14-28(15-12-21)13-4-5-16-29-22-9-6-8-20(25)17-22;2*5-3(6)1-2-4(7)8/h2-3,6-10,17,21H,4-5,11-16,18H2,1H3;2*1-2H,(H,5,6)(H,7,8)/b;2*2-1+. The first-order chi connectivity index (χ1) is 21.9. The molecule has 0 aliphatic carbocycles. The fraction of sp³-hybridized carbons (Fsp3) is 0.344. The highest BCUT2D eigenvalue weighted by Gasteiger charge is 2.26. The Labute approximate surface area is 270 Å². The summed E-state index contributed by atoms with van der Waals surface area (Å²) in [5.41, 5.74) is 2.45. The van der Waals surface area contributed by atoms with Crippen molar-refractivity contribution in [1.82, 2.24) is 9.80 Å². The third kappa shape index (κ3) is 15.3. The molecule has 46 heavy (non-hydrogen) atoms. The molecule has 1 saturated heterocycles. The van der Waals surface area contributed by atoms with Gasteiger partial charge in [-0.15, -0.1) is 0 Å². The molecule has 2 aromatic carbocycles. The first-order valence-electron chi connectivity index (χ1n) is 14.4. The van der Waals surface area contributed by atoms with Gasteiger partial charge in [-0.3, -0.25) is 0 Å². The fourth-order valence-electron chi connectivity index (χ4n) is 4.36. The number of benzene rings is 2. The number of aliphatic carboxylic acids is 4. The molecule has 0 bridgehead atoms. The van der Waals surface area contributed by atoms with Gasteiger partial charge in [0.1, 0.15) is 11.6 Å². The molecule has 0 spiro atoms. The Hall–Kier alpha value is -4.69. The summed E-state index contributed by atoms with van der Waals surface area (Å²) >= 11 is 1.85. The number of carboxylic acid groups (broad SMARTS) is 4. The summed E-state index contributed by atoms with van der Waals surface area (Å²) in [5, 5.41) is 32.4. The Bertz CT molecular complexity index is 1340. The molecule has 248 valence electrons. The van der Waals surface area contributed by atoms with Gasteiger partial charge in [0.2, 0.25) is 0 Å². The smallest absolute Gasteiger partial charge is 0.328 e. The first-order valence-corrected chi connectivity index (χ1v) is 15.3. The van der Waals surface area contributed by atoms with E-state index >= 15 is 0 Å². The molecular weight excluding hydrogens is 621 g/mol. The predicted octanol–water partition coefficient (Wildman–Crippen LogP) is 4.74. The Balaban J connectivity index is 0.000000381. The van der Waals surface area contributed by atoms with Crippen LogP contribution < -0.4 is 4.74 Å². The lowest BCUT2D eigenvalue weighted by Crippen LogP contribution is -2.45. The van der Waals surface area contributed by atoms with Gasteiger partial charge < -0.3 is 35.0 Å². The molecule has 0 aromatic heterocycles. The zero-order valence-corrected chi connectivity index (χ0v) is 26.1. The molecule has 0 amide bonds. The molecule has 0 saturated carbocycles. The summed E-state index contributed by atoms with van der Waals surface area (Å²) < 4.78 is 18.8. The van der Waals surface area contributed by atoms with Crippen molar-refractivity contribution in [2.45, 2.75) is 37.5 Å². The van der Waals surface area contributed by atoms with Crippen molar-refractivity contribution in [3.63, 3.8) is 0 Å². The molecule has 12 nitrogen and oxygen atoms in total. The number of thioether (sulfide) groups is 1. The van der Waals surface area contributed by atoms with Crippen molar-refractivity contribution in [3.8, 4) is 5.75 Å². The number of carboxylic acids is 4. The van der Waals surface area contributed by atoms with Gasteiger partial charge in [-0.2, -0.15) is 0 Å². The summed E-state index contributed by atoms with van der Waals surface area (Å²) in [6.07, 6.45) is 6.68. The van der Waals surface area contributed by atoms with Crippen LogP contribution in [0.1, 0.15) is 31.2 Å². The number of para-hydroxylation sites is 1. The SMILES string of the molecule is CN(C1=Nc2ccccc2CS1)C1CCN(CCCCOc2cccc(F)c2)CC1.O=C(O)/C=C/C(=O)O.O=C(O)/C=C/C(=O)O. The predicted molar refractivity (Wildman–Crippen MR) is 172 cm³/mol. The molecule has 2 aromatic rings. The van der Waals surface area contributed by atoms with Crippen LogP contribution in [0.4, 0.5) is 10.1 Å². The third-order valence-electron chi connectivity index (χ3n) is 6.64. The summed E-state index contributed by atoms with van der Waals surface area (Å²) in [6.45, 7) is 4.01. The van der Waals surface area contributed by atoms with E-state index in [-0.39, 0.29) is 5.82 Å². The summed E-state index contributed by atoms with van der Waals surface area (Å²) in [5.74, 6) is -3.65. The van der Waals surface area contributed by atoms with E-state index in [0.717, 1.165) is 49.1 Å². The van der Waals surface area contributed by atoms with Crippen molar-refractivity contribution in [2.24, 2.45) is 4.99 Å². The number of carbonyl (C=O) groups is 4. The zero-order chi connectivity index (χ0) is 33.9. The number of aliphatic imine (C=N–C) groups is 1. The lowest BCUT2D eigenvalue weighted by Gasteiger charge is -2.38. The summed E-state index contributed by atoms with van der Waals surface area (Å²) in [4.78, 5) is 48.1. The lowest BCUT2D eigenvalue weighted by molar-refractivity contribution is -0.134. The largest absolute Gasteiger partial charge is 0.493 e. The van der Waals surface area contributed by atoms with Crippen LogP contribution in [0.3, 0.4) is 0 Å². The average molecular weight is 660 g/mol. The van der Waals surface area contributed by atoms with E-state index in [1.165, 1.54) is 30.5 Å². The number of piperidine rings is 1. The Morgan fingerprint density at radius 2 is 1.50 bits per heavy atom. The number of halogens is 1. The van der Waals surface area contributed by atoms with Gasteiger partial charge in [-0.25, -0.2) is 28.6 Å². The van der Waals surface area contributed by atoms with Crippen LogP contribution in [0.5, 0.6) is 5.75 Å². The molecule has 2 aliphatic rings. The Morgan fingerprint density at radius 3 is 2.07 bits per heavy atom. The van der Waals surface area contributed by atoms with Crippen molar-refractivity contribution >= 4 is 46.5 Å². The van der Waals surface area contributed by atoms with E-state index in [1.807, 2.05) is 11.8 Å². The Kier molecular flexibility index (Phi) is 16.6. The molecule has 0 radical (unpaired) electrons. The highest BCUT2D eigenvalue weighted by molar-refractivity contribution is 8.13. The maximum absolute atomic E-state index is 13.2. The van der Waals surface area contributed by atoms with E-state index in [4.69, 9.17) is 30.2 Å². The number of nitrogens with zero attached hydrogens (tertiary/aromatic N) is 3.